The van der Waals surface area contributed by atoms with E-state index in [1.807, 2.05) is 4.90 Å². The molecule has 0 aliphatic carbocycles. The number of alkyl halides is 1. The number of rotatable bonds is 3. The first-order valence-electron chi connectivity index (χ1n) is 8.20. The van der Waals surface area contributed by atoms with Gasteiger partial charge in [-0.25, -0.2) is 9.82 Å². The summed E-state index contributed by atoms with van der Waals surface area (Å²) in [6, 6.07) is 6.49. The van der Waals surface area contributed by atoms with E-state index in [-0.39, 0.29) is 34.7 Å². The number of amides is 1. The number of hydrogen-bond donors (Lipinski definition) is 2. The lowest BCUT2D eigenvalue weighted by Gasteiger charge is -2.29. The van der Waals surface area contributed by atoms with Gasteiger partial charge >= 0.3 is 0 Å². The van der Waals surface area contributed by atoms with Crippen LogP contribution in [0.1, 0.15) is 38.3 Å². The molecule has 0 bridgehead atoms. The highest BCUT2D eigenvalue weighted by Gasteiger charge is 2.43. The van der Waals surface area contributed by atoms with Gasteiger partial charge in [0.25, 0.3) is 0 Å². The molecule has 2 aliphatic rings. The van der Waals surface area contributed by atoms with Gasteiger partial charge in [-0.1, -0.05) is 41.9 Å². The van der Waals surface area contributed by atoms with Crippen LogP contribution in [0, 0.1) is 11.7 Å². The summed E-state index contributed by atoms with van der Waals surface area (Å²) in [5, 5.41) is 0. The first-order chi connectivity index (χ1) is 11.0. The van der Waals surface area contributed by atoms with Crippen molar-refractivity contribution in [1.29, 1.82) is 0 Å². The van der Waals surface area contributed by atoms with Gasteiger partial charge in [0.15, 0.2) is 0 Å². The van der Waals surface area contributed by atoms with Crippen LogP contribution in [0.5, 0.6) is 0 Å². The third kappa shape index (κ3) is 3.30. The van der Waals surface area contributed by atoms with E-state index in [0.29, 0.717) is 5.92 Å². The molecule has 2 N–H and O–H groups in total. The molecule has 0 spiro atoms. The number of hydrogen-bond acceptors (Lipinski definition) is 3. The summed E-state index contributed by atoms with van der Waals surface area (Å²) >= 11 is 3.68. The minimum absolute atomic E-state index is 0.0442. The van der Waals surface area contributed by atoms with E-state index in [1.165, 1.54) is 12.1 Å². The van der Waals surface area contributed by atoms with Crippen molar-refractivity contribution in [2.45, 2.75) is 49.6 Å². The standard InChI is InChI=1S/C17H23BrFN3O/c1-10(2)15-14(18)16(21-20-15)17(23)22-9-3-4-13(22)11-5-7-12(19)8-6-11/h5-8,10,13-16,20-21H,3-4,9H2,1-2H3. The van der Waals surface area contributed by atoms with E-state index in [9.17, 15) is 9.18 Å². The molecule has 1 amide bonds. The Bertz CT molecular complexity index is 565. The van der Waals surface area contributed by atoms with E-state index < -0.39 is 0 Å². The second-order valence-corrected chi connectivity index (χ2v) is 7.78. The Hall–Kier alpha value is -0.980. The Morgan fingerprint density at radius 2 is 2.00 bits per heavy atom. The highest BCUT2D eigenvalue weighted by Crippen LogP contribution is 2.34. The maximum atomic E-state index is 13.1. The molecule has 4 unspecified atom stereocenters. The molecule has 4 nitrogen and oxygen atoms in total. The molecule has 2 fully saturated rings. The lowest BCUT2D eigenvalue weighted by Crippen LogP contribution is -2.47. The minimum atomic E-state index is -0.275. The molecule has 23 heavy (non-hydrogen) atoms. The molecule has 3 rings (SSSR count). The second-order valence-electron chi connectivity index (χ2n) is 6.72. The molecule has 0 saturated carbocycles. The van der Waals surface area contributed by atoms with Gasteiger partial charge in [-0.05, 0) is 36.5 Å². The fourth-order valence-electron chi connectivity index (χ4n) is 3.53. The molecule has 1 aromatic rings. The SMILES string of the molecule is CC(C)C1NNC(C(=O)N2CCCC2c2ccc(F)cc2)C1Br. The van der Waals surface area contributed by atoms with Crippen molar-refractivity contribution in [3.05, 3.63) is 35.6 Å². The summed E-state index contributed by atoms with van der Waals surface area (Å²) in [5.74, 6) is 0.289. The molecule has 0 radical (unpaired) electrons. The minimum Gasteiger partial charge on any atom is -0.334 e. The summed E-state index contributed by atoms with van der Waals surface area (Å²) in [6.45, 7) is 5.03. The highest BCUT2D eigenvalue weighted by atomic mass is 79.9. The summed E-state index contributed by atoms with van der Waals surface area (Å²) < 4.78 is 13.1. The molecule has 2 aliphatic heterocycles. The topological polar surface area (TPSA) is 44.4 Å². The van der Waals surface area contributed by atoms with Gasteiger partial charge < -0.3 is 4.90 Å². The largest absolute Gasteiger partial charge is 0.334 e. The average molecular weight is 384 g/mol. The molecule has 2 saturated heterocycles. The summed E-state index contributed by atoms with van der Waals surface area (Å²) in [7, 11) is 0. The van der Waals surface area contributed by atoms with Gasteiger partial charge in [-0.2, -0.15) is 0 Å². The van der Waals surface area contributed by atoms with Crippen LogP contribution >= 0.6 is 15.9 Å². The number of benzene rings is 1. The van der Waals surface area contributed by atoms with Gasteiger partial charge in [0.05, 0.1) is 10.9 Å². The monoisotopic (exact) mass is 383 g/mol. The number of halogens is 2. The Morgan fingerprint density at radius 1 is 1.30 bits per heavy atom. The summed E-state index contributed by atoms with van der Waals surface area (Å²) in [4.78, 5) is 15.0. The first kappa shape index (κ1) is 16.9. The third-order valence-corrected chi connectivity index (χ3v) is 5.94. The Labute approximate surface area is 144 Å². The van der Waals surface area contributed by atoms with E-state index in [0.717, 1.165) is 24.9 Å². The lowest BCUT2D eigenvalue weighted by atomic mass is 9.98. The molecule has 2 heterocycles. The molecule has 4 atom stereocenters. The van der Waals surface area contributed by atoms with Crippen molar-refractivity contribution in [3.63, 3.8) is 0 Å². The van der Waals surface area contributed by atoms with Crippen LogP contribution in [0.3, 0.4) is 0 Å². The van der Waals surface area contributed by atoms with Crippen LogP contribution in [0.15, 0.2) is 24.3 Å². The van der Waals surface area contributed by atoms with Crippen LogP contribution in [-0.2, 0) is 4.79 Å². The third-order valence-electron chi connectivity index (χ3n) is 4.84. The zero-order chi connectivity index (χ0) is 16.6. The number of likely N-dealkylation sites (tertiary alicyclic amines) is 1. The Balaban J connectivity index is 1.75. The van der Waals surface area contributed by atoms with Gasteiger partial charge in [0.1, 0.15) is 11.9 Å². The van der Waals surface area contributed by atoms with Crippen molar-refractivity contribution < 1.29 is 9.18 Å². The summed E-state index contributed by atoms with van der Waals surface area (Å²) in [6.07, 6.45) is 1.91. The zero-order valence-corrected chi connectivity index (χ0v) is 15.0. The number of carbonyl (C=O) groups excluding carboxylic acids is 1. The van der Waals surface area contributed by atoms with Crippen LogP contribution in [0.4, 0.5) is 4.39 Å². The van der Waals surface area contributed by atoms with Crippen molar-refractivity contribution in [1.82, 2.24) is 15.8 Å². The highest BCUT2D eigenvalue weighted by molar-refractivity contribution is 9.09. The molecule has 6 heteroatoms. The number of nitrogens with zero attached hydrogens (tertiary/aromatic N) is 1. The van der Waals surface area contributed by atoms with Crippen molar-refractivity contribution >= 4 is 21.8 Å². The summed E-state index contributed by atoms with van der Waals surface area (Å²) in [5.41, 5.74) is 7.38. The zero-order valence-electron chi connectivity index (χ0n) is 13.4. The van der Waals surface area contributed by atoms with Gasteiger partial charge in [0, 0.05) is 12.6 Å². The average Bonchev–Trinajstić information content (AvgIpc) is 3.14. The number of carbonyl (C=O) groups is 1. The maximum absolute atomic E-state index is 13.1. The Kier molecular flexibility index (Phi) is 5.04. The predicted molar refractivity (Wildman–Crippen MR) is 91.5 cm³/mol. The van der Waals surface area contributed by atoms with Gasteiger partial charge in [-0.15, -0.1) is 0 Å². The maximum Gasteiger partial charge on any atom is 0.242 e. The smallest absolute Gasteiger partial charge is 0.242 e. The predicted octanol–water partition coefficient (Wildman–Crippen LogP) is 2.75. The van der Waals surface area contributed by atoms with Crippen LogP contribution in [0.25, 0.3) is 0 Å². The van der Waals surface area contributed by atoms with Gasteiger partial charge in [-0.3, -0.25) is 10.2 Å². The van der Waals surface area contributed by atoms with E-state index in [1.54, 1.807) is 12.1 Å². The van der Waals surface area contributed by atoms with Gasteiger partial charge in [0.2, 0.25) is 5.91 Å². The lowest BCUT2D eigenvalue weighted by molar-refractivity contribution is -0.134. The second kappa shape index (κ2) is 6.87. The van der Waals surface area contributed by atoms with Crippen LogP contribution in [0.2, 0.25) is 0 Å². The molecular formula is C17H23BrFN3O. The number of nitrogens with one attached hydrogen (secondary N) is 2. The fourth-order valence-corrected chi connectivity index (χ4v) is 4.63. The normalized spacial score (nSPS) is 31.1. The van der Waals surface area contributed by atoms with Crippen molar-refractivity contribution in [2.24, 2.45) is 5.92 Å². The molecule has 0 aromatic heterocycles. The number of hydrazine groups is 1. The van der Waals surface area contributed by atoms with E-state index >= 15 is 0 Å². The van der Waals surface area contributed by atoms with Crippen molar-refractivity contribution in [3.8, 4) is 0 Å². The van der Waals surface area contributed by atoms with Crippen LogP contribution < -0.4 is 10.9 Å². The van der Waals surface area contributed by atoms with E-state index in [4.69, 9.17) is 0 Å². The van der Waals surface area contributed by atoms with E-state index in [2.05, 4.69) is 40.6 Å². The Morgan fingerprint density at radius 3 is 2.61 bits per heavy atom. The molecule has 126 valence electrons. The molecular weight excluding hydrogens is 361 g/mol. The quantitative estimate of drug-likeness (QED) is 0.788. The van der Waals surface area contributed by atoms with Crippen LogP contribution in [-0.4, -0.2) is 34.3 Å². The first-order valence-corrected chi connectivity index (χ1v) is 9.11. The molecule has 1 aromatic carbocycles. The fraction of sp³-hybridized carbons (Fsp3) is 0.588. The van der Waals surface area contributed by atoms with Crippen molar-refractivity contribution in [2.75, 3.05) is 6.54 Å².